The van der Waals surface area contributed by atoms with Gasteiger partial charge in [-0.3, -0.25) is 4.57 Å². The lowest BCUT2D eigenvalue weighted by molar-refractivity contribution is 0.137. The van der Waals surface area contributed by atoms with Gasteiger partial charge in [0, 0.05) is 29.9 Å². The van der Waals surface area contributed by atoms with Crippen LogP contribution in [0.2, 0.25) is 0 Å². The Morgan fingerprint density at radius 2 is 1.94 bits per heavy atom. The molecule has 1 aliphatic carbocycles. The summed E-state index contributed by atoms with van der Waals surface area (Å²) in [6.07, 6.45) is 7.75. The number of methoxy groups -OCH3 is 1. The van der Waals surface area contributed by atoms with Gasteiger partial charge in [0.05, 0.1) is 18.1 Å². The maximum Gasteiger partial charge on any atom is 0.326 e. The fourth-order valence-corrected chi connectivity index (χ4v) is 5.29. The van der Waals surface area contributed by atoms with Crippen molar-refractivity contribution >= 4 is 16.7 Å². The molecule has 0 amide bonds. The molecule has 3 heterocycles. The van der Waals surface area contributed by atoms with Crippen LogP contribution in [0.25, 0.3) is 27.8 Å². The molecule has 1 fully saturated rings. The molecule has 0 unspecified atom stereocenters. The quantitative estimate of drug-likeness (QED) is 0.495. The van der Waals surface area contributed by atoms with Crippen LogP contribution in [0.5, 0.6) is 5.75 Å². The minimum absolute atomic E-state index is 0.0217. The fourth-order valence-electron chi connectivity index (χ4n) is 5.29. The van der Waals surface area contributed by atoms with Crippen molar-refractivity contribution in [1.82, 2.24) is 29.0 Å². The molecule has 5 rings (SSSR count). The van der Waals surface area contributed by atoms with Crippen LogP contribution in [0, 0.1) is 6.92 Å². The summed E-state index contributed by atoms with van der Waals surface area (Å²) in [5, 5.41) is 4.27. The van der Waals surface area contributed by atoms with E-state index in [0.717, 1.165) is 53.4 Å². The molecule has 1 N–H and O–H groups in total. The van der Waals surface area contributed by atoms with E-state index in [1.165, 1.54) is 6.33 Å². The molecule has 3 aromatic heterocycles. The van der Waals surface area contributed by atoms with Gasteiger partial charge in [-0.2, -0.15) is 5.10 Å². The molecule has 0 aliphatic heterocycles. The topological polar surface area (TPSA) is 80.5 Å². The average molecular weight is 449 g/mol. The third-order valence-electron chi connectivity index (χ3n) is 7.36. The average Bonchev–Trinajstić information content (AvgIpc) is 3.40. The van der Waals surface area contributed by atoms with E-state index < -0.39 is 0 Å². The number of aromatic nitrogens is 5. The number of imidazole rings is 1. The standard InChI is InChI=1S/C25H32N6O2/c1-15(2)29(4)18-6-8-19(9-7-18)31-22-10-16(3)20(12-21(22)28-25(31)32)17-11-23(33-5)24-26-14-27-30(24)13-17/h10-15,18-19H,6-9H2,1-5H3,(H,28,32)/t18-,19+. The zero-order valence-electron chi connectivity index (χ0n) is 20.0. The monoisotopic (exact) mass is 448 g/mol. The van der Waals surface area contributed by atoms with Crippen molar-refractivity contribution < 1.29 is 4.74 Å². The number of rotatable bonds is 5. The van der Waals surface area contributed by atoms with Crippen molar-refractivity contribution in [3.8, 4) is 16.9 Å². The Balaban J connectivity index is 1.51. The number of fused-ring (bicyclic) bond motifs is 2. The molecule has 0 spiro atoms. The van der Waals surface area contributed by atoms with Crippen LogP contribution in [-0.4, -0.2) is 55.3 Å². The zero-order valence-corrected chi connectivity index (χ0v) is 20.0. The van der Waals surface area contributed by atoms with Gasteiger partial charge in [-0.05, 0) is 82.8 Å². The largest absolute Gasteiger partial charge is 0.493 e. The van der Waals surface area contributed by atoms with Gasteiger partial charge in [-0.1, -0.05) is 0 Å². The molecule has 1 saturated carbocycles. The van der Waals surface area contributed by atoms with E-state index in [1.807, 2.05) is 16.8 Å². The van der Waals surface area contributed by atoms with E-state index in [0.29, 0.717) is 23.5 Å². The maximum absolute atomic E-state index is 13.0. The van der Waals surface area contributed by atoms with Gasteiger partial charge < -0.3 is 14.6 Å². The van der Waals surface area contributed by atoms with E-state index in [2.05, 4.69) is 59.9 Å². The number of ether oxygens (including phenoxy) is 1. The second-order valence-corrected chi connectivity index (χ2v) is 9.53. The molecule has 33 heavy (non-hydrogen) atoms. The molecule has 8 heteroatoms. The Kier molecular flexibility index (Phi) is 5.48. The number of benzene rings is 1. The number of pyridine rings is 1. The number of hydrogen-bond donors (Lipinski definition) is 1. The van der Waals surface area contributed by atoms with Gasteiger partial charge in [0.25, 0.3) is 0 Å². The Labute approximate surface area is 193 Å². The van der Waals surface area contributed by atoms with Gasteiger partial charge in [0.15, 0.2) is 11.4 Å². The summed E-state index contributed by atoms with van der Waals surface area (Å²) < 4.78 is 9.23. The highest BCUT2D eigenvalue weighted by atomic mass is 16.5. The third-order valence-corrected chi connectivity index (χ3v) is 7.36. The molecule has 1 aromatic carbocycles. The lowest BCUT2D eigenvalue weighted by Gasteiger charge is -2.37. The maximum atomic E-state index is 13.0. The zero-order chi connectivity index (χ0) is 23.3. The van der Waals surface area contributed by atoms with Crippen LogP contribution in [0.4, 0.5) is 0 Å². The van der Waals surface area contributed by atoms with Gasteiger partial charge in [0.2, 0.25) is 0 Å². The van der Waals surface area contributed by atoms with Crippen molar-refractivity contribution in [3.63, 3.8) is 0 Å². The second kappa shape index (κ2) is 8.33. The van der Waals surface area contributed by atoms with E-state index in [4.69, 9.17) is 4.74 Å². The lowest BCUT2D eigenvalue weighted by Crippen LogP contribution is -2.40. The van der Waals surface area contributed by atoms with E-state index in [-0.39, 0.29) is 11.7 Å². The number of aromatic amines is 1. The fraction of sp³-hybridized carbons (Fsp3) is 0.480. The van der Waals surface area contributed by atoms with Crippen molar-refractivity contribution in [2.45, 2.75) is 64.6 Å². The van der Waals surface area contributed by atoms with Gasteiger partial charge in [-0.15, -0.1) is 0 Å². The first-order valence-electron chi connectivity index (χ1n) is 11.7. The van der Waals surface area contributed by atoms with Gasteiger partial charge >= 0.3 is 5.69 Å². The summed E-state index contributed by atoms with van der Waals surface area (Å²) in [6, 6.07) is 7.54. The van der Waals surface area contributed by atoms with Crippen LogP contribution >= 0.6 is 0 Å². The molecule has 0 saturated heterocycles. The minimum atomic E-state index is -0.0217. The Bertz CT molecular complexity index is 1360. The van der Waals surface area contributed by atoms with Crippen LogP contribution < -0.4 is 10.4 Å². The first-order chi connectivity index (χ1) is 15.9. The van der Waals surface area contributed by atoms with Crippen molar-refractivity contribution in [2.75, 3.05) is 14.2 Å². The van der Waals surface area contributed by atoms with Crippen LogP contribution in [-0.2, 0) is 0 Å². The lowest BCUT2D eigenvalue weighted by atomic mass is 9.89. The third kappa shape index (κ3) is 3.72. The Morgan fingerprint density at radius 3 is 2.64 bits per heavy atom. The number of aryl methyl sites for hydroxylation is 1. The van der Waals surface area contributed by atoms with Crippen LogP contribution in [0.15, 0.2) is 35.5 Å². The van der Waals surface area contributed by atoms with E-state index in [1.54, 1.807) is 11.6 Å². The second-order valence-electron chi connectivity index (χ2n) is 9.53. The van der Waals surface area contributed by atoms with Gasteiger partial charge in [0.1, 0.15) is 6.33 Å². The summed E-state index contributed by atoms with van der Waals surface area (Å²) in [7, 11) is 3.85. The highest BCUT2D eigenvalue weighted by Gasteiger charge is 2.28. The minimum Gasteiger partial charge on any atom is -0.493 e. The smallest absolute Gasteiger partial charge is 0.326 e. The first kappa shape index (κ1) is 21.7. The normalized spacial score (nSPS) is 19.2. The molecule has 0 bridgehead atoms. The molecular weight excluding hydrogens is 416 g/mol. The SMILES string of the molecule is COc1cc(-c2cc3[nH]c(=O)n([C@H]4CC[C@@H](N(C)C(C)C)CC4)c3cc2C)cn2ncnc12. The van der Waals surface area contributed by atoms with Crippen molar-refractivity contribution in [3.05, 3.63) is 46.8 Å². The Hall–Kier alpha value is -3.13. The summed E-state index contributed by atoms with van der Waals surface area (Å²) >= 11 is 0. The Morgan fingerprint density at radius 1 is 1.18 bits per heavy atom. The number of nitrogens with zero attached hydrogens (tertiary/aromatic N) is 5. The first-order valence-corrected chi connectivity index (χ1v) is 11.7. The number of hydrogen-bond acceptors (Lipinski definition) is 5. The summed E-state index contributed by atoms with van der Waals surface area (Å²) in [4.78, 5) is 22.8. The summed E-state index contributed by atoms with van der Waals surface area (Å²) in [5.74, 6) is 0.665. The van der Waals surface area contributed by atoms with Crippen LogP contribution in [0.3, 0.4) is 0 Å². The summed E-state index contributed by atoms with van der Waals surface area (Å²) in [5.41, 5.74) is 5.61. The summed E-state index contributed by atoms with van der Waals surface area (Å²) in [6.45, 7) is 6.57. The molecular formula is C25H32N6O2. The molecule has 0 radical (unpaired) electrons. The number of nitrogens with one attached hydrogen (secondary N) is 1. The predicted molar refractivity (Wildman–Crippen MR) is 130 cm³/mol. The highest BCUT2D eigenvalue weighted by Crippen LogP contribution is 2.35. The number of H-pyrrole nitrogens is 1. The van der Waals surface area contributed by atoms with E-state index in [9.17, 15) is 4.79 Å². The van der Waals surface area contributed by atoms with Crippen molar-refractivity contribution in [1.29, 1.82) is 0 Å². The molecule has 4 aromatic rings. The predicted octanol–water partition coefficient (Wildman–Crippen LogP) is 4.18. The molecule has 0 atom stereocenters. The molecule has 8 nitrogen and oxygen atoms in total. The van der Waals surface area contributed by atoms with Gasteiger partial charge in [-0.25, -0.2) is 14.3 Å². The molecule has 174 valence electrons. The van der Waals surface area contributed by atoms with Crippen molar-refractivity contribution in [2.24, 2.45) is 0 Å². The molecule has 1 aliphatic rings. The van der Waals surface area contributed by atoms with E-state index >= 15 is 0 Å². The highest BCUT2D eigenvalue weighted by molar-refractivity contribution is 5.85. The van der Waals surface area contributed by atoms with Crippen LogP contribution in [0.1, 0.15) is 51.1 Å².